The first-order valence-electron chi connectivity index (χ1n) is 6.94. The lowest BCUT2D eigenvalue weighted by atomic mass is 9.85. The highest BCUT2D eigenvalue weighted by atomic mass is 79.9. The molecule has 0 bridgehead atoms. The molecule has 0 radical (unpaired) electrons. The van der Waals surface area contributed by atoms with E-state index in [1.165, 1.54) is 22.0 Å². The summed E-state index contributed by atoms with van der Waals surface area (Å²) in [5.41, 5.74) is 3.98. The predicted octanol–water partition coefficient (Wildman–Crippen LogP) is 3.25. The second kappa shape index (κ2) is 4.33. The number of H-pyrrole nitrogens is 1. The Morgan fingerprint density at radius 2 is 2.37 bits per heavy atom. The zero-order valence-electron chi connectivity index (χ0n) is 10.9. The second-order valence-corrected chi connectivity index (χ2v) is 6.17. The standard InChI is InChI=1S/C15H17BrN2O/c1-2-18-6-7-19-14-9-4-3-5-11-13(9)10(8-12(14)18)15(16)17-11/h3-5,12,14,17H,2,6-8H2,1H3/t12-,14-/m1/s1. The van der Waals surface area contributed by atoms with Crippen LogP contribution in [0.15, 0.2) is 22.8 Å². The number of nitrogens with zero attached hydrogens (tertiary/aromatic N) is 1. The summed E-state index contributed by atoms with van der Waals surface area (Å²) in [5, 5.41) is 1.37. The highest BCUT2D eigenvalue weighted by molar-refractivity contribution is 9.10. The molecule has 0 spiro atoms. The Bertz CT molecular complexity index is 636. The van der Waals surface area contributed by atoms with Gasteiger partial charge >= 0.3 is 0 Å². The van der Waals surface area contributed by atoms with Gasteiger partial charge in [0.15, 0.2) is 0 Å². The maximum absolute atomic E-state index is 6.10. The van der Waals surface area contributed by atoms with E-state index in [-0.39, 0.29) is 6.10 Å². The number of benzene rings is 1. The number of ether oxygens (including phenoxy) is 1. The quantitative estimate of drug-likeness (QED) is 0.873. The lowest BCUT2D eigenvalue weighted by Crippen LogP contribution is -2.49. The van der Waals surface area contributed by atoms with Gasteiger partial charge in [-0.25, -0.2) is 0 Å². The third kappa shape index (κ3) is 1.63. The molecule has 0 saturated carbocycles. The Balaban J connectivity index is 1.92. The SMILES string of the molecule is CCN1CCO[C@@H]2c3cccc4[nH]c(Br)c(c34)C[C@H]21. The maximum Gasteiger partial charge on any atom is 0.0990 e. The van der Waals surface area contributed by atoms with Gasteiger partial charge in [-0.3, -0.25) is 4.90 Å². The molecule has 100 valence electrons. The topological polar surface area (TPSA) is 28.3 Å². The summed E-state index contributed by atoms with van der Waals surface area (Å²) in [5.74, 6) is 0. The first kappa shape index (κ1) is 11.9. The lowest BCUT2D eigenvalue weighted by Gasteiger charge is -2.43. The van der Waals surface area contributed by atoms with Gasteiger partial charge in [0.1, 0.15) is 0 Å². The van der Waals surface area contributed by atoms with Crippen LogP contribution in [-0.4, -0.2) is 35.6 Å². The number of likely N-dealkylation sites (N-methyl/N-ethyl adjacent to an activating group) is 1. The van der Waals surface area contributed by atoms with E-state index in [0.717, 1.165) is 30.7 Å². The molecule has 2 heterocycles. The minimum absolute atomic E-state index is 0.229. The molecule has 0 amide bonds. The van der Waals surface area contributed by atoms with Gasteiger partial charge < -0.3 is 9.72 Å². The van der Waals surface area contributed by atoms with E-state index in [0.29, 0.717) is 6.04 Å². The smallest absolute Gasteiger partial charge is 0.0990 e. The fraction of sp³-hybridized carbons (Fsp3) is 0.467. The predicted molar refractivity (Wildman–Crippen MR) is 79.4 cm³/mol. The first-order valence-corrected chi connectivity index (χ1v) is 7.73. The largest absolute Gasteiger partial charge is 0.371 e. The third-order valence-corrected chi connectivity index (χ3v) is 5.21. The molecule has 19 heavy (non-hydrogen) atoms. The molecule has 2 aromatic rings. The minimum atomic E-state index is 0.229. The summed E-state index contributed by atoms with van der Waals surface area (Å²) in [6.07, 6.45) is 1.29. The highest BCUT2D eigenvalue weighted by Gasteiger charge is 2.38. The molecule has 1 aliphatic carbocycles. The maximum atomic E-state index is 6.10. The van der Waals surface area contributed by atoms with Crippen molar-refractivity contribution in [1.82, 2.24) is 9.88 Å². The van der Waals surface area contributed by atoms with Crippen molar-refractivity contribution in [3.05, 3.63) is 33.9 Å². The summed E-state index contributed by atoms with van der Waals surface area (Å²) in [4.78, 5) is 5.99. The van der Waals surface area contributed by atoms with Gasteiger partial charge in [-0.15, -0.1) is 0 Å². The van der Waals surface area contributed by atoms with E-state index < -0.39 is 0 Å². The van der Waals surface area contributed by atoms with Crippen LogP contribution in [0.3, 0.4) is 0 Å². The first-order chi connectivity index (χ1) is 9.29. The van der Waals surface area contributed by atoms with Crippen molar-refractivity contribution in [2.75, 3.05) is 19.7 Å². The van der Waals surface area contributed by atoms with Gasteiger partial charge in [0, 0.05) is 23.5 Å². The van der Waals surface area contributed by atoms with Crippen molar-refractivity contribution in [1.29, 1.82) is 0 Å². The van der Waals surface area contributed by atoms with Crippen molar-refractivity contribution in [2.24, 2.45) is 0 Å². The van der Waals surface area contributed by atoms with Crippen LogP contribution >= 0.6 is 15.9 Å². The fourth-order valence-electron chi connectivity index (χ4n) is 3.64. The molecule has 1 N–H and O–H groups in total. The molecule has 2 atom stereocenters. The molecule has 1 aromatic heterocycles. The molecule has 1 saturated heterocycles. The van der Waals surface area contributed by atoms with Crippen LogP contribution in [0.5, 0.6) is 0 Å². The van der Waals surface area contributed by atoms with E-state index in [1.54, 1.807) is 0 Å². The molecular weight excluding hydrogens is 304 g/mol. The number of halogens is 1. The van der Waals surface area contributed by atoms with E-state index in [2.05, 4.69) is 50.9 Å². The summed E-state index contributed by atoms with van der Waals surface area (Å²) < 4.78 is 7.23. The Morgan fingerprint density at radius 1 is 1.47 bits per heavy atom. The summed E-state index contributed by atoms with van der Waals surface area (Å²) in [6.45, 7) is 5.22. The van der Waals surface area contributed by atoms with Gasteiger partial charge in [-0.2, -0.15) is 0 Å². The molecule has 2 aliphatic rings. The average Bonchev–Trinajstić information content (AvgIpc) is 2.76. The van der Waals surface area contributed by atoms with E-state index in [9.17, 15) is 0 Å². The van der Waals surface area contributed by atoms with E-state index >= 15 is 0 Å². The number of rotatable bonds is 1. The highest BCUT2D eigenvalue weighted by Crippen LogP contribution is 2.43. The monoisotopic (exact) mass is 320 g/mol. The molecule has 0 unspecified atom stereocenters. The third-order valence-electron chi connectivity index (χ3n) is 4.53. The van der Waals surface area contributed by atoms with Crippen molar-refractivity contribution >= 4 is 26.8 Å². The number of nitrogens with one attached hydrogen (secondary N) is 1. The van der Waals surface area contributed by atoms with E-state index in [4.69, 9.17) is 4.74 Å². The molecule has 3 nitrogen and oxygen atoms in total. The van der Waals surface area contributed by atoms with Gasteiger partial charge in [0.25, 0.3) is 0 Å². The number of fused-ring (bicyclic) bond motifs is 2. The summed E-state index contributed by atoms with van der Waals surface area (Å²) in [7, 11) is 0. The number of aromatic nitrogens is 1. The zero-order chi connectivity index (χ0) is 13.0. The summed E-state index contributed by atoms with van der Waals surface area (Å²) >= 11 is 3.68. The Hall–Kier alpha value is -0.840. The zero-order valence-corrected chi connectivity index (χ0v) is 12.5. The molecule has 4 heteroatoms. The molecule has 1 fully saturated rings. The minimum Gasteiger partial charge on any atom is -0.371 e. The van der Waals surface area contributed by atoms with Crippen LogP contribution in [0.2, 0.25) is 0 Å². The van der Waals surface area contributed by atoms with Crippen LogP contribution in [0.25, 0.3) is 10.9 Å². The Morgan fingerprint density at radius 3 is 3.21 bits per heavy atom. The molecular formula is C15H17BrN2O. The normalized spacial score (nSPS) is 26.6. The van der Waals surface area contributed by atoms with Crippen molar-refractivity contribution in [3.8, 4) is 0 Å². The lowest BCUT2D eigenvalue weighted by molar-refractivity contribution is -0.0722. The van der Waals surface area contributed by atoms with Gasteiger partial charge in [-0.1, -0.05) is 19.1 Å². The number of aromatic amines is 1. The fourth-order valence-corrected chi connectivity index (χ4v) is 4.22. The van der Waals surface area contributed by atoms with Gasteiger partial charge in [0.05, 0.1) is 17.3 Å². The average molecular weight is 321 g/mol. The number of hydrogen-bond acceptors (Lipinski definition) is 2. The van der Waals surface area contributed by atoms with Crippen LogP contribution in [0.1, 0.15) is 24.2 Å². The van der Waals surface area contributed by atoms with Crippen LogP contribution in [-0.2, 0) is 11.2 Å². The second-order valence-electron chi connectivity index (χ2n) is 5.38. The van der Waals surface area contributed by atoms with Gasteiger partial charge in [0.2, 0.25) is 0 Å². The Kier molecular flexibility index (Phi) is 2.72. The van der Waals surface area contributed by atoms with Crippen molar-refractivity contribution in [2.45, 2.75) is 25.5 Å². The molecule has 1 aliphatic heterocycles. The van der Waals surface area contributed by atoms with Gasteiger partial charge in [-0.05, 0) is 46.1 Å². The number of hydrogen-bond donors (Lipinski definition) is 1. The summed E-state index contributed by atoms with van der Waals surface area (Å²) in [6, 6.07) is 6.97. The van der Waals surface area contributed by atoms with Crippen LogP contribution in [0, 0.1) is 0 Å². The van der Waals surface area contributed by atoms with E-state index in [1.807, 2.05) is 0 Å². The van der Waals surface area contributed by atoms with Crippen molar-refractivity contribution in [3.63, 3.8) is 0 Å². The Labute approximate surface area is 121 Å². The van der Waals surface area contributed by atoms with Crippen molar-refractivity contribution < 1.29 is 4.74 Å². The van der Waals surface area contributed by atoms with Crippen LogP contribution < -0.4 is 0 Å². The van der Waals surface area contributed by atoms with Crippen LogP contribution in [0.4, 0.5) is 0 Å². The molecule has 4 rings (SSSR count). The number of morpholine rings is 1. The molecule has 1 aromatic carbocycles.